The van der Waals surface area contributed by atoms with Crippen LogP contribution in [0, 0.1) is 11.8 Å². The van der Waals surface area contributed by atoms with Crippen molar-refractivity contribution in [1.29, 1.82) is 0 Å². The Bertz CT molecular complexity index is 136. The standard InChI is InChI=1S/C13H28O/c1-6-13(14,7-2)10-8-9-12(5)11(3)4/h11-12,14H,6-10H2,1-5H3/t12-/m0/s1. The van der Waals surface area contributed by atoms with Gasteiger partial charge in [-0.2, -0.15) is 0 Å². The molecule has 86 valence electrons. The summed E-state index contributed by atoms with van der Waals surface area (Å²) in [7, 11) is 0. The fraction of sp³-hybridized carbons (Fsp3) is 1.00. The van der Waals surface area contributed by atoms with E-state index < -0.39 is 5.60 Å². The third-order valence-electron chi connectivity index (χ3n) is 3.76. The highest BCUT2D eigenvalue weighted by molar-refractivity contribution is 4.75. The van der Waals surface area contributed by atoms with Crippen molar-refractivity contribution in [2.75, 3.05) is 0 Å². The highest BCUT2D eigenvalue weighted by Crippen LogP contribution is 2.25. The van der Waals surface area contributed by atoms with E-state index in [1.54, 1.807) is 0 Å². The van der Waals surface area contributed by atoms with E-state index in [1.807, 2.05) is 0 Å². The lowest BCUT2D eigenvalue weighted by Crippen LogP contribution is -2.26. The lowest BCUT2D eigenvalue weighted by atomic mass is 9.87. The average Bonchev–Trinajstić information content (AvgIpc) is 2.17. The summed E-state index contributed by atoms with van der Waals surface area (Å²) in [5.74, 6) is 1.55. The van der Waals surface area contributed by atoms with Crippen LogP contribution in [0.5, 0.6) is 0 Å². The zero-order chi connectivity index (χ0) is 11.2. The second-order valence-electron chi connectivity index (χ2n) is 5.04. The SMILES string of the molecule is CCC(O)(CC)CCC[C@H](C)C(C)C. The van der Waals surface area contributed by atoms with Crippen LogP contribution >= 0.6 is 0 Å². The van der Waals surface area contributed by atoms with Crippen molar-refractivity contribution in [3.8, 4) is 0 Å². The van der Waals surface area contributed by atoms with Crippen LogP contribution in [0.15, 0.2) is 0 Å². The first-order valence-electron chi connectivity index (χ1n) is 6.17. The van der Waals surface area contributed by atoms with E-state index in [1.165, 1.54) is 6.42 Å². The van der Waals surface area contributed by atoms with E-state index in [2.05, 4.69) is 34.6 Å². The molecule has 1 heteroatoms. The zero-order valence-electron chi connectivity index (χ0n) is 10.6. The molecule has 0 unspecified atom stereocenters. The summed E-state index contributed by atoms with van der Waals surface area (Å²) >= 11 is 0. The Labute approximate surface area is 89.9 Å². The Morgan fingerprint density at radius 1 is 1.07 bits per heavy atom. The Morgan fingerprint density at radius 3 is 1.93 bits per heavy atom. The van der Waals surface area contributed by atoms with Gasteiger partial charge in [0, 0.05) is 0 Å². The Kier molecular flexibility index (Phi) is 6.43. The van der Waals surface area contributed by atoms with Crippen LogP contribution in [-0.2, 0) is 0 Å². The number of hydrogen-bond acceptors (Lipinski definition) is 1. The van der Waals surface area contributed by atoms with Crippen molar-refractivity contribution >= 4 is 0 Å². The van der Waals surface area contributed by atoms with Crippen LogP contribution in [0.1, 0.15) is 66.7 Å². The maximum absolute atomic E-state index is 10.1. The fourth-order valence-electron chi connectivity index (χ4n) is 1.69. The van der Waals surface area contributed by atoms with Gasteiger partial charge in [-0.05, 0) is 31.1 Å². The minimum absolute atomic E-state index is 0.392. The monoisotopic (exact) mass is 200 g/mol. The van der Waals surface area contributed by atoms with Crippen molar-refractivity contribution < 1.29 is 5.11 Å². The molecule has 0 saturated heterocycles. The minimum Gasteiger partial charge on any atom is -0.390 e. The smallest absolute Gasteiger partial charge is 0.0642 e. The molecule has 0 aromatic rings. The first-order valence-corrected chi connectivity index (χ1v) is 6.17. The molecule has 1 N–H and O–H groups in total. The van der Waals surface area contributed by atoms with E-state index in [9.17, 15) is 5.11 Å². The molecule has 0 aromatic heterocycles. The van der Waals surface area contributed by atoms with Gasteiger partial charge in [0.1, 0.15) is 0 Å². The lowest BCUT2D eigenvalue weighted by molar-refractivity contribution is 0.0199. The van der Waals surface area contributed by atoms with Crippen molar-refractivity contribution in [3.63, 3.8) is 0 Å². The molecule has 1 atom stereocenters. The van der Waals surface area contributed by atoms with E-state index >= 15 is 0 Å². The predicted octanol–water partition coefficient (Wildman–Crippen LogP) is 4.00. The molecule has 0 aliphatic carbocycles. The van der Waals surface area contributed by atoms with E-state index in [0.717, 1.165) is 37.5 Å². The van der Waals surface area contributed by atoms with Gasteiger partial charge in [-0.25, -0.2) is 0 Å². The maximum Gasteiger partial charge on any atom is 0.0642 e. The first kappa shape index (κ1) is 14.0. The van der Waals surface area contributed by atoms with E-state index in [-0.39, 0.29) is 0 Å². The fourth-order valence-corrected chi connectivity index (χ4v) is 1.69. The summed E-state index contributed by atoms with van der Waals surface area (Å²) in [5, 5.41) is 10.1. The summed E-state index contributed by atoms with van der Waals surface area (Å²) < 4.78 is 0. The molecule has 0 aromatic carbocycles. The number of rotatable bonds is 7. The largest absolute Gasteiger partial charge is 0.390 e. The van der Waals surface area contributed by atoms with Gasteiger partial charge in [0.15, 0.2) is 0 Å². The Balaban J connectivity index is 3.72. The van der Waals surface area contributed by atoms with Gasteiger partial charge in [0.25, 0.3) is 0 Å². The molecule has 0 radical (unpaired) electrons. The molecule has 1 nitrogen and oxygen atoms in total. The van der Waals surface area contributed by atoms with Crippen LogP contribution in [0.2, 0.25) is 0 Å². The van der Waals surface area contributed by atoms with Gasteiger partial charge in [-0.1, -0.05) is 47.5 Å². The average molecular weight is 200 g/mol. The van der Waals surface area contributed by atoms with Crippen molar-refractivity contribution in [3.05, 3.63) is 0 Å². The summed E-state index contributed by atoms with van der Waals surface area (Å²) in [6, 6.07) is 0. The summed E-state index contributed by atoms with van der Waals surface area (Å²) in [5.41, 5.74) is -0.392. The summed E-state index contributed by atoms with van der Waals surface area (Å²) in [6.45, 7) is 11.0. The van der Waals surface area contributed by atoms with E-state index in [4.69, 9.17) is 0 Å². The third-order valence-corrected chi connectivity index (χ3v) is 3.76. The normalized spacial score (nSPS) is 14.8. The Morgan fingerprint density at radius 2 is 1.57 bits per heavy atom. The minimum atomic E-state index is -0.392. The molecular formula is C13H28O. The quantitative estimate of drug-likeness (QED) is 0.658. The van der Waals surface area contributed by atoms with Crippen LogP contribution in [0.4, 0.5) is 0 Å². The van der Waals surface area contributed by atoms with Gasteiger partial charge < -0.3 is 5.11 Å². The predicted molar refractivity (Wildman–Crippen MR) is 63.4 cm³/mol. The van der Waals surface area contributed by atoms with Crippen molar-refractivity contribution in [2.45, 2.75) is 72.3 Å². The highest BCUT2D eigenvalue weighted by Gasteiger charge is 2.21. The van der Waals surface area contributed by atoms with Crippen molar-refractivity contribution in [1.82, 2.24) is 0 Å². The van der Waals surface area contributed by atoms with Crippen LogP contribution in [-0.4, -0.2) is 10.7 Å². The zero-order valence-corrected chi connectivity index (χ0v) is 10.6. The summed E-state index contributed by atoms with van der Waals surface area (Å²) in [6.07, 6.45) is 5.16. The molecule has 0 rings (SSSR count). The van der Waals surface area contributed by atoms with Gasteiger partial charge in [0.2, 0.25) is 0 Å². The van der Waals surface area contributed by atoms with Gasteiger partial charge >= 0.3 is 0 Å². The lowest BCUT2D eigenvalue weighted by Gasteiger charge is -2.26. The second-order valence-corrected chi connectivity index (χ2v) is 5.04. The topological polar surface area (TPSA) is 20.2 Å². The molecule has 0 heterocycles. The molecule has 14 heavy (non-hydrogen) atoms. The van der Waals surface area contributed by atoms with Crippen LogP contribution < -0.4 is 0 Å². The third kappa shape index (κ3) is 4.99. The summed E-state index contributed by atoms with van der Waals surface area (Å²) in [4.78, 5) is 0. The molecule has 0 bridgehead atoms. The molecule has 0 amide bonds. The van der Waals surface area contributed by atoms with Crippen LogP contribution in [0.25, 0.3) is 0 Å². The number of hydrogen-bond donors (Lipinski definition) is 1. The Hall–Kier alpha value is -0.0400. The van der Waals surface area contributed by atoms with E-state index in [0.29, 0.717) is 0 Å². The van der Waals surface area contributed by atoms with Crippen molar-refractivity contribution in [2.24, 2.45) is 11.8 Å². The molecule has 0 aliphatic heterocycles. The molecule has 0 saturated carbocycles. The maximum atomic E-state index is 10.1. The van der Waals surface area contributed by atoms with Gasteiger partial charge in [0.05, 0.1) is 5.60 Å². The number of aliphatic hydroxyl groups is 1. The second kappa shape index (κ2) is 6.44. The first-order chi connectivity index (χ1) is 6.45. The molecular weight excluding hydrogens is 172 g/mol. The van der Waals surface area contributed by atoms with Gasteiger partial charge in [-0.15, -0.1) is 0 Å². The van der Waals surface area contributed by atoms with Gasteiger partial charge in [-0.3, -0.25) is 0 Å². The molecule has 0 fully saturated rings. The molecule has 0 aliphatic rings. The van der Waals surface area contributed by atoms with Crippen LogP contribution in [0.3, 0.4) is 0 Å². The highest BCUT2D eigenvalue weighted by atomic mass is 16.3. The molecule has 0 spiro atoms.